The van der Waals surface area contributed by atoms with Crippen LogP contribution in [0.15, 0.2) is 72.9 Å². The van der Waals surface area contributed by atoms with E-state index in [1.54, 1.807) is 30.5 Å². The highest BCUT2D eigenvalue weighted by molar-refractivity contribution is 7.86. The summed E-state index contributed by atoms with van der Waals surface area (Å²) in [5.74, 6) is 0.191. The molecule has 1 saturated carbocycles. The van der Waals surface area contributed by atoms with Gasteiger partial charge in [0.05, 0.1) is 17.4 Å². The molecule has 0 amide bonds. The van der Waals surface area contributed by atoms with E-state index >= 15 is 0 Å². The molecule has 1 aromatic heterocycles. The highest BCUT2D eigenvalue weighted by Crippen LogP contribution is 2.70. The molecule has 35 heavy (non-hydrogen) atoms. The van der Waals surface area contributed by atoms with Crippen molar-refractivity contribution in [2.45, 2.75) is 18.3 Å². The maximum Gasteiger partial charge on any atom is 0.281 e. The monoisotopic (exact) mass is 490 g/mol. The fourth-order valence-electron chi connectivity index (χ4n) is 6.10. The van der Waals surface area contributed by atoms with E-state index in [1.807, 2.05) is 29.1 Å². The second kappa shape index (κ2) is 7.71. The van der Waals surface area contributed by atoms with E-state index in [2.05, 4.69) is 36.3 Å². The van der Waals surface area contributed by atoms with E-state index < -0.39 is 10.2 Å². The number of halogens is 1. The zero-order valence-corrected chi connectivity index (χ0v) is 20.7. The lowest BCUT2D eigenvalue weighted by atomic mass is 9.87. The van der Waals surface area contributed by atoms with Crippen molar-refractivity contribution >= 4 is 21.1 Å². The molecule has 2 heterocycles. The normalized spacial score (nSPS) is 24.3. The van der Waals surface area contributed by atoms with Gasteiger partial charge in [-0.05, 0) is 65.9 Å². The quantitative estimate of drug-likeness (QED) is 0.420. The molecule has 1 saturated heterocycles. The van der Waals surface area contributed by atoms with Crippen LogP contribution in [0.4, 0.5) is 4.39 Å². The van der Waals surface area contributed by atoms with Crippen molar-refractivity contribution < 1.29 is 12.8 Å². The summed E-state index contributed by atoms with van der Waals surface area (Å²) in [5, 5.41) is 5.56. The summed E-state index contributed by atoms with van der Waals surface area (Å²) in [5.41, 5.74) is 5.00. The van der Waals surface area contributed by atoms with Gasteiger partial charge in [0.1, 0.15) is 5.82 Å². The lowest BCUT2D eigenvalue weighted by molar-refractivity contribution is 0.384. The molecule has 3 aromatic carbocycles. The smallest absolute Gasteiger partial charge is 0.233 e. The van der Waals surface area contributed by atoms with E-state index in [0.29, 0.717) is 13.1 Å². The summed E-state index contributed by atoms with van der Waals surface area (Å²) in [6.45, 7) is 3.05. The van der Waals surface area contributed by atoms with Crippen LogP contribution in [0.1, 0.15) is 22.6 Å². The van der Waals surface area contributed by atoms with Crippen LogP contribution in [0.25, 0.3) is 16.6 Å². The minimum absolute atomic E-state index is 0.211. The number of nitrogens with zero attached hydrogens (tertiary/aromatic N) is 4. The van der Waals surface area contributed by atoms with Gasteiger partial charge < -0.3 is 0 Å². The lowest BCUT2D eigenvalue weighted by Gasteiger charge is -2.27. The van der Waals surface area contributed by atoms with Gasteiger partial charge in [0.2, 0.25) is 0 Å². The van der Waals surface area contributed by atoms with E-state index in [4.69, 9.17) is 0 Å². The Balaban J connectivity index is 1.46. The highest BCUT2D eigenvalue weighted by atomic mass is 32.2. The van der Waals surface area contributed by atoms with Gasteiger partial charge in [-0.3, -0.25) is 0 Å². The van der Waals surface area contributed by atoms with Crippen LogP contribution in [-0.2, 0) is 15.6 Å². The van der Waals surface area contributed by atoms with E-state index in [-0.39, 0.29) is 23.1 Å². The molecule has 0 radical (unpaired) electrons. The first-order valence-electron chi connectivity index (χ1n) is 11.7. The summed E-state index contributed by atoms with van der Waals surface area (Å²) < 4.78 is 44.2. The molecule has 4 aromatic rings. The highest BCUT2D eigenvalue weighted by Gasteiger charge is 2.71. The second-order valence-corrected chi connectivity index (χ2v) is 12.0. The van der Waals surface area contributed by atoms with E-state index in [0.717, 1.165) is 22.2 Å². The van der Waals surface area contributed by atoms with Crippen LogP contribution in [0.3, 0.4) is 0 Å². The maximum absolute atomic E-state index is 13.4. The van der Waals surface area contributed by atoms with Gasteiger partial charge in [0, 0.05) is 43.9 Å². The first-order chi connectivity index (χ1) is 16.7. The fourth-order valence-corrected chi connectivity index (χ4v) is 7.28. The summed E-state index contributed by atoms with van der Waals surface area (Å²) in [6.07, 6.45) is 1.83. The molecular weight excluding hydrogens is 463 g/mol. The number of hydrogen-bond donors (Lipinski definition) is 0. The molecule has 0 spiro atoms. The molecule has 3 atom stereocenters. The van der Waals surface area contributed by atoms with Gasteiger partial charge in [0.25, 0.3) is 10.2 Å². The zero-order valence-electron chi connectivity index (χ0n) is 19.9. The maximum atomic E-state index is 13.4. The topological polar surface area (TPSA) is 58.4 Å². The summed E-state index contributed by atoms with van der Waals surface area (Å²) in [4.78, 5) is 0. The number of rotatable bonds is 5. The van der Waals surface area contributed by atoms with Gasteiger partial charge in [-0.15, -0.1) is 0 Å². The molecule has 0 N–H and O–H groups in total. The second-order valence-electron chi connectivity index (χ2n) is 9.88. The number of aryl methyl sites for hydroxylation is 1. The van der Waals surface area contributed by atoms with Gasteiger partial charge in [0.15, 0.2) is 0 Å². The van der Waals surface area contributed by atoms with Crippen LogP contribution >= 0.6 is 0 Å². The Morgan fingerprint density at radius 2 is 1.77 bits per heavy atom. The fraction of sp³-hybridized carbons (Fsp3) is 0.296. The van der Waals surface area contributed by atoms with Crippen LogP contribution in [0, 0.1) is 18.7 Å². The molecule has 1 aliphatic carbocycles. The number of benzene rings is 3. The third kappa shape index (κ3) is 3.27. The van der Waals surface area contributed by atoms with Crippen molar-refractivity contribution in [2.75, 3.05) is 27.2 Å². The van der Waals surface area contributed by atoms with Crippen LogP contribution < -0.4 is 0 Å². The SMILES string of the molecule is Cc1cc2c(cnn2-c2ccc(F)cc2)cc1[C@]12CN(S(=O)(=O)N(C)C)C[C@H]1[C@@H]2c1ccccc1. The Bertz CT molecular complexity index is 1530. The molecule has 1 aliphatic heterocycles. The molecule has 0 unspecified atom stereocenters. The minimum atomic E-state index is -3.50. The van der Waals surface area contributed by atoms with Gasteiger partial charge in [-0.25, -0.2) is 9.07 Å². The molecule has 6 nitrogen and oxygen atoms in total. The van der Waals surface area contributed by atoms with Crippen molar-refractivity contribution in [2.24, 2.45) is 5.92 Å². The third-order valence-electron chi connectivity index (χ3n) is 7.78. The number of aromatic nitrogens is 2. The predicted octanol–water partition coefficient (Wildman–Crippen LogP) is 4.25. The lowest BCUT2D eigenvalue weighted by Crippen LogP contribution is -2.41. The molecule has 180 valence electrons. The van der Waals surface area contributed by atoms with Crippen molar-refractivity contribution in [3.8, 4) is 5.69 Å². The van der Waals surface area contributed by atoms with Crippen LogP contribution in [0.5, 0.6) is 0 Å². The van der Waals surface area contributed by atoms with Crippen molar-refractivity contribution in [1.29, 1.82) is 0 Å². The summed E-state index contributed by atoms with van der Waals surface area (Å²) in [6, 6.07) is 21.0. The Morgan fingerprint density at radius 3 is 2.46 bits per heavy atom. The average Bonchev–Trinajstić information content (AvgIpc) is 3.10. The third-order valence-corrected chi connectivity index (χ3v) is 9.64. The van der Waals surface area contributed by atoms with Crippen molar-refractivity contribution in [1.82, 2.24) is 18.4 Å². The molecule has 0 bridgehead atoms. The number of fused-ring (bicyclic) bond motifs is 2. The molecule has 2 fully saturated rings. The molecule has 2 aliphatic rings. The van der Waals surface area contributed by atoms with Crippen molar-refractivity contribution in [3.63, 3.8) is 0 Å². The summed E-state index contributed by atoms with van der Waals surface area (Å²) >= 11 is 0. The van der Waals surface area contributed by atoms with Crippen molar-refractivity contribution in [3.05, 3.63) is 95.4 Å². The van der Waals surface area contributed by atoms with E-state index in [1.165, 1.54) is 27.6 Å². The first kappa shape index (κ1) is 22.4. The van der Waals surface area contributed by atoms with Gasteiger partial charge in [-0.2, -0.15) is 22.1 Å². The van der Waals surface area contributed by atoms with Gasteiger partial charge >= 0.3 is 0 Å². The molecule has 6 rings (SSSR count). The molecular formula is C27H27FN4O2S. The Morgan fingerprint density at radius 1 is 1.06 bits per heavy atom. The largest absolute Gasteiger partial charge is 0.281 e. The average molecular weight is 491 g/mol. The summed E-state index contributed by atoms with van der Waals surface area (Å²) in [7, 11) is -0.332. The Labute approximate surface area is 204 Å². The predicted molar refractivity (Wildman–Crippen MR) is 134 cm³/mol. The standard InChI is InChI=1S/C27H27FN4O2S/c1-18-13-25-20(15-29-32(25)22-11-9-21(28)10-12-22)14-23(18)27-17-31(35(33,34)30(2)3)16-24(27)26(27)19-7-5-4-6-8-19/h4-15,24,26H,16-17H2,1-3H3/t24-,26-,27+/m0/s1. The van der Waals surface area contributed by atoms with Crippen LogP contribution in [0.2, 0.25) is 0 Å². The van der Waals surface area contributed by atoms with Gasteiger partial charge in [-0.1, -0.05) is 30.3 Å². The first-order valence-corrected chi connectivity index (χ1v) is 13.1. The Kier molecular flexibility index (Phi) is 4.94. The van der Waals surface area contributed by atoms with E-state index in [9.17, 15) is 12.8 Å². The minimum Gasteiger partial charge on any atom is -0.233 e. The zero-order chi connectivity index (χ0) is 24.5. The Hall–Kier alpha value is -3.07. The number of piperidine rings is 1. The number of hydrogen-bond acceptors (Lipinski definition) is 3. The van der Waals surface area contributed by atoms with Crippen LogP contribution in [-0.4, -0.2) is 54.0 Å². The molecule has 8 heteroatoms.